The van der Waals surface area contributed by atoms with Crippen molar-refractivity contribution in [2.75, 3.05) is 24.5 Å². The van der Waals surface area contributed by atoms with Crippen LogP contribution in [0.1, 0.15) is 42.2 Å². The molecule has 2 aromatic heterocycles. The number of cyclic esters (lactones) is 1. The van der Waals surface area contributed by atoms with Gasteiger partial charge in [-0.15, -0.1) is 0 Å². The highest BCUT2D eigenvalue weighted by Crippen LogP contribution is 2.59. The first-order valence-electron chi connectivity index (χ1n) is 11.6. The Kier molecular flexibility index (Phi) is 4.68. The van der Waals surface area contributed by atoms with Crippen LogP contribution >= 0.6 is 0 Å². The average Bonchev–Trinajstić information content (AvgIpc) is 3.17. The zero-order valence-corrected chi connectivity index (χ0v) is 18.9. The summed E-state index contributed by atoms with van der Waals surface area (Å²) >= 11 is 0. The summed E-state index contributed by atoms with van der Waals surface area (Å²) in [5.41, 5.74) is 2.36. The third kappa shape index (κ3) is 3.43. The first-order chi connectivity index (χ1) is 16.4. The fraction of sp³-hybridized carbons (Fsp3) is 0.400. The van der Waals surface area contributed by atoms with E-state index in [4.69, 9.17) is 4.74 Å². The summed E-state index contributed by atoms with van der Waals surface area (Å²) in [4.78, 5) is 48.7. The molecule has 9 nitrogen and oxygen atoms in total. The topological polar surface area (TPSA) is 97.1 Å². The van der Waals surface area contributed by atoms with Crippen LogP contribution in [0.25, 0.3) is 5.78 Å². The summed E-state index contributed by atoms with van der Waals surface area (Å²) in [6, 6.07) is 9.84. The van der Waals surface area contributed by atoms with Gasteiger partial charge in [-0.1, -0.05) is 12.1 Å². The number of imidazole rings is 1. The predicted octanol–water partition coefficient (Wildman–Crippen LogP) is 2.84. The van der Waals surface area contributed by atoms with Crippen LogP contribution in [0, 0.1) is 5.92 Å². The highest BCUT2D eigenvalue weighted by atomic mass is 16.6. The number of ketones is 1. The maximum Gasteiger partial charge on any atom is 0.414 e. The van der Waals surface area contributed by atoms with Gasteiger partial charge in [-0.25, -0.2) is 14.8 Å². The molecule has 174 valence electrons. The number of benzene rings is 1. The molecule has 6 rings (SSSR count). The second kappa shape index (κ2) is 7.65. The van der Waals surface area contributed by atoms with Crippen LogP contribution in [0.15, 0.2) is 48.9 Å². The molecule has 0 bridgehead atoms. The molecule has 9 heteroatoms. The number of amides is 2. The van der Waals surface area contributed by atoms with Gasteiger partial charge >= 0.3 is 6.09 Å². The SMILES string of the molecule is CC(=O)CC[C@H]1CN(c2ccc(C34CC3CN(C(=O)c3cn5cccnc5n3)C4)cc2)C(=O)O1. The normalized spacial score (nSPS) is 25.5. The van der Waals surface area contributed by atoms with Crippen molar-refractivity contribution in [3.8, 4) is 0 Å². The molecule has 1 aliphatic carbocycles. The highest BCUT2D eigenvalue weighted by Gasteiger charge is 2.61. The third-order valence-electron chi connectivity index (χ3n) is 7.33. The van der Waals surface area contributed by atoms with E-state index in [0.717, 1.165) is 18.7 Å². The molecule has 3 atom stereocenters. The van der Waals surface area contributed by atoms with E-state index in [1.54, 1.807) is 34.7 Å². The number of aromatic nitrogens is 3. The molecule has 0 spiro atoms. The number of piperidine rings is 1. The van der Waals surface area contributed by atoms with Gasteiger partial charge in [-0.2, -0.15) is 0 Å². The zero-order valence-electron chi connectivity index (χ0n) is 18.9. The Labute approximate surface area is 196 Å². The Morgan fingerprint density at radius 2 is 2.03 bits per heavy atom. The van der Waals surface area contributed by atoms with Gasteiger partial charge in [0.25, 0.3) is 5.91 Å². The molecule has 0 radical (unpaired) electrons. The lowest BCUT2D eigenvalue weighted by atomic mass is 9.94. The molecule has 3 aromatic rings. The lowest BCUT2D eigenvalue weighted by Gasteiger charge is -2.21. The van der Waals surface area contributed by atoms with Crippen LogP contribution in [0.2, 0.25) is 0 Å². The molecule has 2 amide bonds. The van der Waals surface area contributed by atoms with Gasteiger partial charge in [0, 0.05) is 49.2 Å². The quantitative estimate of drug-likeness (QED) is 0.562. The number of hydrogen-bond donors (Lipinski definition) is 0. The molecule has 2 saturated heterocycles. The first kappa shape index (κ1) is 20.8. The van der Waals surface area contributed by atoms with E-state index in [0.29, 0.717) is 43.3 Å². The average molecular weight is 460 g/mol. The monoisotopic (exact) mass is 459 g/mol. The molecular formula is C25H25N5O4. The number of likely N-dealkylation sites (tertiary alicyclic amines) is 1. The Balaban J connectivity index is 1.14. The van der Waals surface area contributed by atoms with Gasteiger partial charge in [0.2, 0.25) is 5.78 Å². The standard InChI is InChI=1S/C25H25N5O4/c1-16(31)3-8-20-13-30(24(33)34-20)19-6-4-17(5-7-19)25-11-18(25)12-29(15-25)22(32)21-14-28-10-2-9-26-23(28)27-21/h2,4-7,9-10,14,18,20H,3,8,11-13,15H2,1H3/t18?,20-,25?/m0/s1. The van der Waals surface area contributed by atoms with E-state index in [1.807, 2.05) is 23.2 Å². The van der Waals surface area contributed by atoms with Gasteiger partial charge in [0.15, 0.2) is 0 Å². The molecule has 3 fully saturated rings. The maximum atomic E-state index is 13.1. The third-order valence-corrected chi connectivity index (χ3v) is 7.33. The summed E-state index contributed by atoms with van der Waals surface area (Å²) in [5.74, 6) is 0.985. The number of carbonyl (C=O) groups is 3. The van der Waals surface area contributed by atoms with Crippen molar-refractivity contribution in [3.05, 3.63) is 60.2 Å². The number of rotatable bonds is 6. The molecule has 1 saturated carbocycles. The predicted molar refractivity (Wildman–Crippen MR) is 123 cm³/mol. The molecule has 2 unspecified atom stereocenters. The second-order valence-corrected chi connectivity index (χ2v) is 9.60. The number of nitrogens with zero attached hydrogens (tertiary/aromatic N) is 5. The fourth-order valence-electron chi connectivity index (χ4n) is 5.40. The number of carbonyl (C=O) groups excluding carboxylic acids is 3. The van der Waals surface area contributed by atoms with Crippen molar-refractivity contribution >= 4 is 29.2 Å². The minimum Gasteiger partial charge on any atom is -0.444 e. The number of anilines is 1. The van der Waals surface area contributed by atoms with E-state index in [1.165, 1.54) is 5.56 Å². The van der Waals surface area contributed by atoms with Crippen molar-refractivity contribution < 1.29 is 19.1 Å². The number of ether oxygens (including phenoxy) is 1. The van der Waals surface area contributed by atoms with E-state index in [2.05, 4.69) is 22.1 Å². The Morgan fingerprint density at radius 1 is 1.21 bits per heavy atom. The molecule has 0 N–H and O–H groups in total. The molecule has 3 aliphatic rings. The van der Waals surface area contributed by atoms with Crippen LogP contribution in [0.5, 0.6) is 0 Å². The lowest BCUT2D eigenvalue weighted by Crippen LogP contribution is -2.33. The molecule has 1 aromatic carbocycles. The first-order valence-corrected chi connectivity index (χ1v) is 11.6. The van der Waals surface area contributed by atoms with Crippen molar-refractivity contribution in [3.63, 3.8) is 0 Å². The molecule has 2 aliphatic heterocycles. The van der Waals surface area contributed by atoms with Crippen LogP contribution in [0.4, 0.5) is 10.5 Å². The number of fused-ring (bicyclic) bond motifs is 2. The van der Waals surface area contributed by atoms with Gasteiger partial charge in [0.1, 0.15) is 17.6 Å². The van der Waals surface area contributed by atoms with Crippen molar-refractivity contribution in [1.29, 1.82) is 0 Å². The molecule has 34 heavy (non-hydrogen) atoms. The van der Waals surface area contributed by atoms with Crippen molar-refractivity contribution in [2.45, 2.75) is 37.7 Å². The number of hydrogen-bond acceptors (Lipinski definition) is 6. The van der Waals surface area contributed by atoms with Crippen molar-refractivity contribution in [2.24, 2.45) is 5.92 Å². The highest BCUT2D eigenvalue weighted by molar-refractivity contribution is 5.93. The molecule has 4 heterocycles. The van der Waals surface area contributed by atoms with Gasteiger partial charge in [-0.05, 0) is 49.4 Å². The smallest absolute Gasteiger partial charge is 0.414 e. The summed E-state index contributed by atoms with van der Waals surface area (Å²) in [7, 11) is 0. The van der Waals surface area contributed by atoms with Gasteiger partial charge in [0.05, 0.1) is 6.54 Å². The van der Waals surface area contributed by atoms with Gasteiger partial charge < -0.3 is 14.4 Å². The Hall–Kier alpha value is -3.75. The minimum atomic E-state index is -0.372. The summed E-state index contributed by atoms with van der Waals surface area (Å²) in [6.07, 6.45) is 6.61. The Bertz CT molecular complexity index is 1270. The largest absolute Gasteiger partial charge is 0.444 e. The van der Waals surface area contributed by atoms with Gasteiger partial charge in [-0.3, -0.25) is 14.1 Å². The van der Waals surface area contributed by atoms with E-state index >= 15 is 0 Å². The summed E-state index contributed by atoms with van der Waals surface area (Å²) < 4.78 is 7.18. The van der Waals surface area contributed by atoms with Crippen LogP contribution in [-0.2, 0) is 14.9 Å². The number of Topliss-reactive ketones (excluding diaryl/α,β-unsaturated/α-hetero) is 1. The lowest BCUT2D eigenvalue weighted by molar-refractivity contribution is -0.117. The van der Waals surface area contributed by atoms with E-state index in [9.17, 15) is 14.4 Å². The van der Waals surface area contributed by atoms with Crippen molar-refractivity contribution in [1.82, 2.24) is 19.3 Å². The van der Waals surface area contributed by atoms with Crippen LogP contribution < -0.4 is 4.90 Å². The second-order valence-electron chi connectivity index (χ2n) is 9.60. The fourth-order valence-corrected chi connectivity index (χ4v) is 5.40. The maximum absolute atomic E-state index is 13.1. The van der Waals surface area contributed by atoms with Crippen LogP contribution in [-0.4, -0.2) is 62.8 Å². The molecular weight excluding hydrogens is 434 g/mol. The minimum absolute atomic E-state index is 0.0266. The van der Waals surface area contributed by atoms with Crippen LogP contribution in [0.3, 0.4) is 0 Å². The van der Waals surface area contributed by atoms with E-state index < -0.39 is 0 Å². The van der Waals surface area contributed by atoms with E-state index in [-0.39, 0.29) is 29.3 Å². The zero-order chi connectivity index (χ0) is 23.4. The Morgan fingerprint density at radius 3 is 2.79 bits per heavy atom. The summed E-state index contributed by atoms with van der Waals surface area (Å²) in [5, 5.41) is 0. The summed E-state index contributed by atoms with van der Waals surface area (Å²) in [6.45, 7) is 3.38.